The summed E-state index contributed by atoms with van der Waals surface area (Å²) in [6.45, 7) is 2.83. The summed E-state index contributed by atoms with van der Waals surface area (Å²) in [5.41, 5.74) is 1.56. The highest BCUT2D eigenvalue weighted by atomic mass is 35.5. The van der Waals surface area contributed by atoms with Crippen LogP contribution in [0.2, 0.25) is 5.02 Å². The molecule has 0 radical (unpaired) electrons. The number of aromatic nitrogens is 1. The Kier molecular flexibility index (Phi) is 6.81. The van der Waals surface area contributed by atoms with Crippen LogP contribution in [0, 0.1) is 5.92 Å². The van der Waals surface area contributed by atoms with Crippen LogP contribution in [0.3, 0.4) is 0 Å². The third-order valence-electron chi connectivity index (χ3n) is 5.14. The Bertz CT molecular complexity index is 1150. The van der Waals surface area contributed by atoms with E-state index in [2.05, 4.69) is 4.98 Å². The molecule has 0 unspecified atom stereocenters. The molecule has 1 aliphatic carbocycles. The molecule has 0 saturated heterocycles. The Hall–Kier alpha value is -3.25. The van der Waals surface area contributed by atoms with Gasteiger partial charge in [0.05, 0.1) is 23.9 Å². The number of pyridine rings is 1. The Morgan fingerprint density at radius 3 is 2.56 bits per heavy atom. The number of halogens is 1. The van der Waals surface area contributed by atoms with E-state index in [4.69, 9.17) is 25.8 Å². The van der Waals surface area contributed by atoms with Crippen molar-refractivity contribution in [2.45, 2.75) is 26.4 Å². The van der Waals surface area contributed by atoms with Crippen molar-refractivity contribution >= 4 is 17.6 Å². The monoisotopic (exact) mass is 453 g/mol. The molecule has 1 saturated carbocycles. The zero-order valence-corrected chi connectivity index (χ0v) is 18.5. The van der Waals surface area contributed by atoms with Crippen LogP contribution in [0.5, 0.6) is 11.5 Å². The van der Waals surface area contributed by atoms with Crippen LogP contribution < -0.4 is 14.9 Å². The second-order valence-corrected chi connectivity index (χ2v) is 8.06. The standard InChI is InChI=1S/C25H24ClNO5/c1-2-30-25(29)19-13-27-21(11-22(19)28)18-10-20(26)24(32-15-17-8-9-17)12-23(18)31-14-16-6-4-3-5-7-16/h3-7,10-13,17H,2,8-9,14-15H2,1H3,(H,27,28). The molecule has 1 fully saturated rings. The van der Waals surface area contributed by atoms with Crippen LogP contribution in [0.25, 0.3) is 11.3 Å². The van der Waals surface area contributed by atoms with Gasteiger partial charge in [0, 0.05) is 23.9 Å². The third-order valence-corrected chi connectivity index (χ3v) is 5.44. The smallest absolute Gasteiger partial charge is 0.343 e. The van der Waals surface area contributed by atoms with Gasteiger partial charge < -0.3 is 19.2 Å². The molecule has 0 atom stereocenters. The highest BCUT2D eigenvalue weighted by molar-refractivity contribution is 6.32. The SMILES string of the molecule is CCOC(=O)c1c[nH]c(-c2cc(Cl)c(OCC3CC3)cc2OCc2ccccc2)cc1=O. The number of benzene rings is 2. The molecule has 0 bridgehead atoms. The van der Waals surface area contributed by atoms with Crippen LogP contribution in [0.4, 0.5) is 0 Å². The van der Waals surface area contributed by atoms with Crippen molar-refractivity contribution in [1.82, 2.24) is 4.98 Å². The lowest BCUT2D eigenvalue weighted by molar-refractivity contribution is 0.0524. The number of carbonyl (C=O) groups excluding carboxylic acids is 1. The molecule has 1 aliphatic rings. The lowest BCUT2D eigenvalue weighted by Gasteiger charge is -2.16. The van der Waals surface area contributed by atoms with E-state index >= 15 is 0 Å². The molecular formula is C25H24ClNO5. The Labute approximate surface area is 191 Å². The molecule has 6 nitrogen and oxygen atoms in total. The van der Waals surface area contributed by atoms with Gasteiger partial charge in [-0.2, -0.15) is 0 Å². The summed E-state index contributed by atoms with van der Waals surface area (Å²) in [6, 6.07) is 14.6. The Balaban J connectivity index is 1.67. The Morgan fingerprint density at radius 2 is 1.88 bits per heavy atom. The van der Waals surface area contributed by atoms with Crippen LogP contribution in [0.1, 0.15) is 35.7 Å². The van der Waals surface area contributed by atoms with Crippen LogP contribution >= 0.6 is 11.6 Å². The molecule has 3 aromatic rings. The van der Waals surface area contributed by atoms with E-state index in [0.717, 1.165) is 5.56 Å². The van der Waals surface area contributed by atoms with Gasteiger partial charge in [-0.05, 0) is 37.3 Å². The maximum absolute atomic E-state index is 12.5. The summed E-state index contributed by atoms with van der Waals surface area (Å²) in [5.74, 6) is 0.966. The number of hydrogen-bond acceptors (Lipinski definition) is 5. The first-order valence-corrected chi connectivity index (χ1v) is 11.0. The lowest BCUT2D eigenvalue weighted by atomic mass is 10.1. The van der Waals surface area contributed by atoms with Gasteiger partial charge in [0.2, 0.25) is 0 Å². The largest absolute Gasteiger partial charge is 0.492 e. The minimum absolute atomic E-state index is 0.0576. The zero-order chi connectivity index (χ0) is 22.5. The average Bonchev–Trinajstić information content (AvgIpc) is 3.62. The summed E-state index contributed by atoms with van der Waals surface area (Å²) in [6.07, 6.45) is 3.68. The summed E-state index contributed by atoms with van der Waals surface area (Å²) < 4.78 is 16.9. The lowest BCUT2D eigenvalue weighted by Crippen LogP contribution is -2.17. The molecule has 7 heteroatoms. The molecule has 166 valence electrons. The van der Waals surface area contributed by atoms with E-state index < -0.39 is 11.4 Å². The highest BCUT2D eigenvalue weighted by Gasteiger charge is 2.23. The van der Waals surface area contributed by atoms with Gasteiger partial charge in [0.25, 0.3) is 0 Å². The number of esters is 1. The molecule has 0 spiro atoms. The maximum atomic E-state index is 12.5. The van der Waals surface area contributed by atoms with Gasteiger partial charge in [0.15, 0.2) is 5.43 Å². The van der Waals surface area contributed by atoms with Crippen molar-refractivity contribution in [2.24, 2.45) is 5.92 Å². The maximum Gasteiger partial charge on any atom is 0.343 e. The molecule has 0 amide bonds. The summed E-state index contributed by atoms with van der Waals surface area (Å²) >= 11 is 6.49. The zero-order valence-electron chi connectivity index (χ0n) is 17.7. The number of nitrogens with one attached hydrogen (secondary N) is 1. The summed E-state index contributed by atoms with van der Waals surface area (Å²) in [4.78, 5) is 27.5. The molecular weight excluding hydrogens is 430 g/mol. The first-order chi connectivity index (χ1) is 15.5. The van der Waals surface area contributed by atoms with Crippen molar-refractivity contribution < 1.29 is 19.0 Å². The van der Waals surface area contributed by atoms with Crippen LogP contribution in [-0.4, -0.2) is 24.2 Å². The van der Waals surface area contributed by atoms with Crippen LogP contribution in [0.15, 0.2) is 59.5 Å². The van der Waals surface area contributed by atoms with Gasteiger partial charge in [0.1, 0.15) is 23.7 Å². The summed E-state index contributed by atoms with van der Waals surface area (Å²) in [5, 5.41) is 0.419. The number of ether oxygens (including phenoxy) is 3. The van der Waals surface area contributed by atoms with Gasteiger partial charge in [-0.25, -0.2) is 4.79 Å². The molecule has 1 N–H and O–H groups in total. The normalized spacial score (nSPS) is 12.9. The van der Waals surface area contributed by atoms with E-state index in [9.17, 15) is 9.59 Å². The molecule has 1 aromatic heterocycles. The Morgan fingerprint density at radius 1 is 1.09 bits per heavy atom. The second kappa shape index (κ2) is 9.92. The first kappa shape index (κ1) is 22.0. The molecule has 32 heavy (non-hydrogen) atoms. The molecule has 1 heterocycles. The van der Waals surface area contributed by atoms with E-state index in [0.29, 0.717) is 46.9 Å². The van der Waals surface area contributed by atoms with Gasteiger partial charge in [-0.3, -0.25) is 4.79 Å². The number of hydrogen-bond donors (Lipinski definition) is 1. The molecule has 0 aliphatic heterocycles. The van der Waals surface area contributed by atoms with E-state index in [1.165, 1.54) is 25.1 Å². The van der Waals surface area contributed by atoms with Gasteiger partial charge in [-0.1, -0.05) is 41.9 Å². The third kappa shape index (κ3) is 5.32. The van der Waals surface area contributed by atoms with Gasteiger partial charge >= 0.3 is 5.97 Å². The van der Waals surface area contributed by atoms with Crippen LogP contribution in [-0.2, 0) is 11.3 Å². The fourth-order valence-corrected chi connectivity index (χ4v) is 3.42. The van der Waals surface area contributed by atoms with Gasteiger partial charge in [-0.15, -0.1) is 0 Å². The average molecular weight is 454 g/mol. The quantitative estimate of drug-likeness (QED) is 0.448. The van der Waals surface area contributed by atoms with E-state index in [-0.39, 0.29) is 12.2 Å². The predicted molar refractivity (Wildman–Crippen MR) is 122 cm³/mol. The van der Waals surface area contributed by atoms with Crippen molar-refractivity contribution in [2.75, 3.05) is 13.2 Å². The predicted octanol–water partition coefficient (Wildman–Crippen LogP) is 5.24. The van der Waals surface area contributed by atoms with Crippen molar-refractivity contribution in [3.8, 4) is 22.8 Å². The van der Waals surface area contributed by atoms with E-state index in [1.807, 2.05) is 30.3 Å². The fourth-order valence-electron chi connectivity index (χ4n) is 3.20. The number of carbonyl (C=O) groups is 1. The fraction of sp³-hybridized carbons (Fsp3) is 0.280. The number of aromatic amines is 1. The highest BCUT2D eigenvalue weighted by Crippen LogP contribution is 2.39. The summed E-state index contributed by atoms with van der Waals surface area (Å²) in [7, 11) is 0. The molecule has 2 aromatic carbocycles. The minimum Gasteiger partial charge on any atom is -0.492 e. The molecule has 4 rings (SSSR count). The first-order valence-electron chi connectivity index (χ1n) is 10.6. The van der Waals surface area contributed by atoms with Crippen molar-refractivity contribution in [3.63, 3.8) is 0 Å². The number of rotatable bonds is 9. The minimum atomic E-state index is -0.664. The van der Waals surface area contributed by atoms with Crippen molar-refractivity contribution in [3.05, 3.63) is 81.1 Å². The second-order valence-electron chi connectivity index (χ2n) is 7.65. The topological polar surface area (TPSA) is 77.6 Å². The van der Waals surface area contributed by atoms with Crippen molar-refractivity contribution in [1.29, 1.82) is 0 Å². The number of H-pyrrole nitrogens is 1. The van der Waals surface area contributed by atoms with E-state index in [1.54, 1.807) is 19.1 Å².